The van der Waals surface area contributed by atoms with Crippen LogP contribution in [0.3, 0.4) is 0 Å². The smallest absolute Gasteiger partial charge is 0.0832 e. The minimum atomic E-state index is -0.354. The standard InChI is InChI=1S/C7H15NO2/c1-5(9)7-3-2-6(8)4-10-7/h5-7,9H,2-4,8H2,1H3/t5?,6?,7-/m0/s1. The number of rotatable bonds is 1. The molecule has 0 amide bonds. The first-order valence-corrected chi connectivity index (χ1v) is 3.75. The van der Waals surface area contributed by atoms with Crippen LogP contribution in [0.4, 0.5) is 0 Å². The Morgan fingerprint density at radius 2 is 2.30 bits per heavy atom. The second kappa shape index (κ2) is 3.32. The number of nitrogens with two attached hydrogens (primary N) is 1. The van der Waals surface area contributed by atoms with E-state index in [-0.39, 0.29) is 18.2 Å². The predicted octanol–water partition coefficient (Wildman–Crippen LogP) is -0.127. The molecule has 1 aliphatic heterocycles. The van der Waals surface area contributed by atoms with E-state index in [1.807, 2.05) is 0 Å². The Morgan fingerprint density at radius 3 is 2.70 bits per heavy atom. The molecule has 0 aliphatic carbocycles. The first-order valence-electron chi connectivity index (χ1n) is 3.75. The maximum absolute atomic E-state index is 9.10. The van der Waals surface area contributed by atoms with Crippen molar-refractivity contribution in [2.24, 2.45) is 5.73 Å². The normalized spacial score (nSPS) is 37.5. The lowest BCUT2D eigenvalue weighted by atomic mass is 10.0. The minimum Gasteiger partial charge on any atom is -0.391 e. The summed E-state index contributed by atoms with van der Waals surface area (Å²) in [7, 11) is 0. The van der Waals surface area contributed by atoms with Gasteiger partial charge < -0.3 is 15.6 Å². The summed E-state index contributed by atoms with van der Waals surface area (Å²) in [6.07, 6.45) is 1.52. The Labute approximate surface area is 61.2 Å². The Morgan fingerprint density at radius 1 is 1.60 bits per heavy atom. The summed E-state index contributed by atoms with van der Waals surface area (Å²) < 4.78 is 5.28. The van der Waals surface area contributed by atoms with Gasteiger partial charge in [0.1, 0.15) is 0 Å². The molecule has 1 fully saturated rings. The molecule has 0 aromatic heterocycles. The average molecular weight is 145 g/mol. The van der Waals surface area contributed by atoms with E-state index >= 15 is 0 Å². The number of aliphatic hydroxyl groups excluding tert-OH is 1. The van der Waals surface area contributed by atoms with Crippen LogP contribution < -0.4 is 5.73 Å². The second-order valence-corrected chi connectivity index (χ2v) is 2.95. The number of ether oxygens (including phenoxy) is 1. The van der Waals surface area contributed by atoms with Crippen molar-refractivity contribution in [1.29, 1.82) is 0 Å². The number of aliphatic hydroxyl groups is 1. The molecule has 10 heavy (non-hydrogen) atoms. The van der Waals surface area contributed by atoms with E-state index in [1.165, 1.54) is 0 Å². The SMILES string of the molecule is CC(O)[C@@H]1CCC(N)CO1. The molecule has 1 heterocycles. The molecule has 3 nitrogen and oxygen atoms in total. The highest BCUT2D eigenvalue weighted by molar-refractivity contribution is 4.74. The van der Waals surface area contributed by atoms with Gasteiger partial charge in [0.15, 0.2) is 0 Å². The molecule has 1 rings (SSSR count). The van der Waals surface area contributed by atoms with Crippen LogP contribution in [-0.4, -0.2) is 30.0 Å². The Hall–Kier alpha value is -0.120. The van der Waals surface area contributed by atoms with Gasteiger partial charge in [0.2, 0.25) is 0 Å². The monoisotopic (exact) mass is 145 g/mol. The fraction of sp³-hybridized carbons (Fsp3) is 1.00. The van der Waals surface area contributed by atoms with E-state index in [4.69, 9.17) is 15.6 Å². The van der Waals surface area contributed by atoms with Gasteiger partial charge in [-0.25, -0.2) is 0 Å². The summed E-state index contributed by atoms with van der Waals surface area (Å²) in [5.41, 5.74) is 5.59. The topological polar surface area (TPSA) is 55.5 Å². The van der Waals surface area contributed by atoms with E-state index < -0.39 is 0 Å². The summed E-state index contributed by atoms with van der Waals surface area (Å²) in [6, 6.07) is 0.176. The molecule has 1 aliphatic rings. The van der Waals surface area contributed by atoms with Crippen LogP contribution in [0.2, 0.25) is 0 Å². The highest BCUT2D eigenvalue weighted by Gasteiger charge is 2.22. The Balaban J connectivity index is 2.26. The first-order chi connectivity index (χ1) is 4.70. The summed E-state index contributed by atoms with van der Waals surface area (Å²) in [4.78, 5) is 0. The fourth-order valence-corrected chi connectivity index (χ4v) is 1.17. The van der Waals surface area contributed by atoms with Gasteiger partial charge in [-0.2, -0.15) is 0 Å². The van der Waals surface area contributed by atoms with Gasteiger partial charge in [-0.3, -0.25) is 0 Å². The second-order valence-electron chi connectivity index (χ2n) is 2.95. The Kier molecular flexibility index (Phi) is 2.65. The highest BCUT2D eigenvalue weighted by Crippen LogP contribution is 2.14. The zero-order chi connectivity index (χ0) is 7.56. The van der Waals surface area contributed by atoms with Crippen LogP contribution in [0, 0.1) is 0 Å². The van der Waals surface area contributed by atoms with Crippen LogP contribution in [0.25, 0.3) is 0 Å². The zero-order valence-electron chi connectivity index (χ0n) is 6.29. The molecule has 1 saturated heterocycles. The van der Waals surface area contributed by atoms with Gasteiger partial charge >= 0.3 is 0 Å². The third-order valence-corrected chi connectivity index (χ3v) is 1.88. The van der Waals surface area contributed by atoms with E-state index in [9.17, 15) is 0 Å². The summed E-state index contributed by atoms with van der Waals surface area (Å²) in [6.45, 7) is 2.34. The summed E-state index contributed by atoms with van der Waals surface area (Å²) >= 11 is 0. The zero-order valence-corrected chi connectivity index (χ0v) is 6.29. The number of hydrogen-bond acceptors (Lipinski definition) is 3. The van der Waals surface area contributed by atoms with Crippen molar-refractivity contribution in [3.05, 3.63) is 0 Å². The lowest BCUT2D eigenvalue weighted by Crippen LogP contribution is -2.39. The molecule has 0 radical (unpaired) electrons. The molecule has 0 aromatic rings. The lowest BCUT2D eigenvalue weighted by molar-refractivity contribution is -0.0608. The molecule has 3 N–H and O–H groups in total. The van der Waals surface area contributed by atoms with Crippen molar-refractivity contribution in [3.63, 3.8) is 0 Å². The molecular formula is C7H15NO2. The quantitative estimate of drug-likeness (QED) is 0.540. The molecule has 0 saturated carbocycles. The molecular weight excluding hydrogens is 130 g/mol. The third kappa shape index (κ3) is 1.94. The molecule has 3 atom stereocenters. The van der Waals surface area contributed by atoms with Gasteiger partial charge in [0, 0.05) is 6.04 Å². The molecule has 60 valence electrons. The van der Waals surface area contributed by atoms with Crippen LogP contribution in [0.1, 0.15) is 19.8 Å². The van der Waals surface area contributed by atoms with Gasteiger partial charge in [-0.1, -0.05) is 0 Å². The first kappa shape index (κ1) is 7.98. The van der Waals surface area contributed by atoms with Crippen LogP contribution in [0.5, 0.6) is 0 Å². The van der Waals surface area contributed by atoms with E-state index in [2.05, 4.69) is 0 Å². The highest BCUT2D eigenvalue weighted by atomic mass is 16.5. The van der Waals surface area contributed by atoms with Crippen molar-refractivity contribution in [2.75, 3.05) is 6.61 Å². The molecule has 3 heteroatoms. The maximum atomic E-state index is 9.10. The van der Waals surface area contributed by atoms with Gasteiger partial charge in [-0.15, -0.1) is 0 Å². The van der Waals surface area contributed by atoms with Gasteiger partial charge in [-0.05, 0) is 19.8 Å². The van der Waals surface area contributed by atoms with Crippen LogP contribution in [-0.2, 0) is 4.74 Å². The van der Waals surface area contributed by atoms with Gasteiger partial charge in [0.05, 0.1) is 18.8 Å². The van der Waals surface area contributed by atoms with E-state index in [1.54, 1.807) is 6.92 Å². The Bertz CT molecular complexity index is 97.8. The lowest BCUT2D eigenvalue weighted by Gasteiger charge is -2.28. The molecule has 0 spiro atoms. The minimum absolute atomic E-state index is 0.0137. The van der Waals surface area contributed by atoms with Crippen LogP contribution in [0.15, 0.2) is 0 Å². The maximum Gasteiger partial charge on any atom is 0.0832 e. The summed E-state index contributed by atoms with van der Waals surface area (Å²) in [5.74, 6) is 0. The summed E-state index contributed by atoms with van der Waals surface area (Å²) in [5, 5.41) is 9.10. The third-order valence-electron chi connectivity index (χ3n) is 1.88. The van der Waals surface area contributed by atoms with Crippen molar-refractivity contribution in [3.8, 4) is 0 Å². The van der Waals surface area contributed by atoms with Crippen molar-refractivity contribution in [1.82, 2.24) is 0 Å². The number of hydrogen-bond donors (Lipinski definition) is 2. The predicted molar refractivity (Wildman–Crippen MR) is 38.6 cm³/mol. The van der Waals surface area contributed by atoms with Crippen molar-refractivity contribution < 1.29 is 9.84 Å². The average Bonchev–Trinajstić information content (AvgIpc) is 1.88. The molecule has 2 unspecified atom stereocenters. The van der Waals surface area contributed by atoms with Crippen molar-refractivity contribution >= 4 is 0 Å². The van der Waals surface area contributed by atoms with Crippen molar-refractivity contribution in [2.45, 2.75) is 38.0 Å². The van der Waals surface area contributed by atoms with E-state index in [0.717, 1.165) is 12.8 Å². The molecule has 0 aromatic carbocycles. The van der Waals surface area contributed by atoms with E-state index in [0.29, 0.717) is 6.61 Å². The molecule has 0 bridgehead atoms. The van der Waals surface area contributed by atoms with Crippen LogP contribution >= 0.6 is 0 Å². The largest absolute Gasteiger partial charge is 0.391 e. The fourth-order valence-electron chi connectivity index (χ4n) is 1.17. The van der Waals surface area contributed by atoms with Gasteiger partial charge in [0.25, 0.3) is 0 Å².